The van der Waals surface area contributed by atoms with Crippen molar-refractivity contribution in [2.75, 3.05) is 32.1 Å². The van der Waals surface area contributed by atoms with Gasteiger partial charge in [-0.2, -0.15) is 0 Å². The zero-order chi connectivity index (χ0) is 12.1. The van der Waals surface area contributed by atoms with Crippen LogP contribution in [0.3, 0.4) is 0 Å². The first-order chi connectivity index (χ1) is 7.50. The van der Waals surface area contributed by atoms with Crippen molar-refractivity contribution in [3.8, 4) is 0 Å². The van der Waals surface area contributed by atoms with Crippen LogP contribution in [0.5, 0.6) is 0 Å². The van der Waals surface area contributed by atoms with Crippen LogP contribution in [0.15, 0.2) is 23.1 Å². The van der Waals surface area contributed by atoms with Gasteiger partial charge < -0.3 is 10.6 Å². The lowest BCUT2D eigenvalue weighted by atomic mass is 10.3. The summed E-state index contributed by atoms with van der Waals surface area (Å²) in [5.41, 5.74) is 5.78. The van der Waals surface area contributed by atoms with Gasteiger partial charge in [-0.25, -0.2) is 4.39 Å². The summed E-state index contributed by atoms with van der Waals surface area (Å²) in [6.07, 6.45) is 0.781. The van der Waals surface area contributed by atoms with E-state index >= 15 is 0 Å². The van der Waals surface area contributed by atoms with E-state index in [0.717, 1.165) is 13.0 Å². The Balaban J connectivity index is 2.59. The van der Waals surface area contributed by atoms with Gasteiger partial charge in [-0.1, -0.05) is 0 Å². The maximum atomic E-state index is 13.4. The van der Waals surface area contributed by atoms with Crippen molar-refractivity contribution in [3.63, 3.8) is 0 Å². The third kappa shape index (κ3) is 3.90. The summed E-state index contributed by atoms with van der Waals surface area (Å²) in [4.78, 5) is 2.25. The second-order valence-electron chi connectivity index (χ2n) is 3.90. The van der Waals surface area contributed by atoms with Gasteiger partial charge in [0, 0.05) is 11.4 Å². The largest absolute Gasteiger partial charge is 0.399 e. The lowest BCUT2D eigenvalue weighted by molar-refractivity contribution is 0.409. The van der Waals surface area contributed by atoms with Gasteiger partial charge in [-0.15, -0.1) is 0 Å². The van der Waals surface area contributed by atoms with E-state index in [4.69, 9.17) is 5.73 Å². The fraction of sp³-hybridized carbons (Fsp3) is 0.455. The van der Waals surface area contributed by atoms with Crippen LogP contribution in [0, 0.1) is 5.82 Å². The Labute approximate surface area is 97.9 Å². The molecular formula is C11H17FN2OS. The third-order valence-corrected chi connectivity index (χ3v) is 3.62. The predicted octanol–water partition coefficient (Wildman–Crippen LogP) is 1.47. The molecule has 2 N–H and O–H groups in total. The Morgan fingerprint density at radius 1 is 1.44 bits per heavy atom. The number of nitrogens with two attached hydrogens (primary N) is 1. The number of nitrogens with zero attached hydrogens (tertiary/aromatic N) is 1. The molecule has 1 aromatic rings. The van der Waals surface area contributed by atoms with Crippen LogP contribution >= 0.6 is 0 Å². The molecule has 3 nitrogen and oxygen atoms in total. The predicted molar refractivity (Wildman–Crippen MR) is 65.3 cm³/mol. The average Bonchev–Trinajstić information content (AvgIpc) is 2.16. The summed E-state index contributed by atoms with van der Waals surface area (Å²) in [5, 5.41) is 0. The highest BCUT2D eigenvalue weighted by molar-refractivity contribution is 7.85. The maximum Gasteiger partial charge on any atom is 0.141 e. The monoisotopic (exact) mass is 244 g/mol. The van der Waals surface area contributed by atoms with Crippen LogP contribution in [0.25, 0.3) is 0 Å². The topological polar surface area (TPSA) is 46.3 Å². The zero-order valence-electron chi connectivity index (χ0n) is 9.57. The zero-order valence-corrected chi connectivity index (χ0v) is 10.4. The number of benzene rings is 1. The molecule has 1 atom stereocenters. The molecule has 0 spiro atoms. The van der Waals surface area contributed by atoms with Crippen molar-refractivity contribution < 1.29 is 8.60 Å². The van der Waals surface area contributed by atoms with E-state index in [-0.39, 0.29) is 4.90 Å². The average molecular weight is 244 g/mol. The Bertz CT molecular complexity index is 382. The molecule has 5 heteroatoms. The molecule has 0 aliphatic rings. The summed E-state index contributed by atoms with van der Waals surface area (Å²) in [6.45, 7) is 0.850. The number of halogens is 1. The molecule has 0 saturated carbocycles. The fourth-order valence-corrected chi connectivity index (χ4v) is 2.43. The number of hydrogen-bond acceptors (Lipinski definition) is 3. The molecule has 0 saturated heterocycles. The molecule has 1 rings (SSSR count). The Morgan fingerprint density at radius 3 is 2.69 bits per heavy atom. The number of anilines is 1. The summed E-state index contributed by atoms with van der Waals surface area (Å²) in [7, 11) is 2.63. The lowest BCUT2D eigenvalue weighted by Crippen LogP contribution is -2.15. The molecule has 0 aliphatic carbocycles. The van der Waals surface area contributed by atoms with Crippen LogP contribution in [-0.4, -0.2) is 35.5 Å². The smallest absolute Gasteiger partial charge is 0.141 e. The highest BCUT2D eigenvalue weighted by Crippen LogP contribution is 2.16. The summed E-state index contributed by atoms with van der Waals surface area (Å²) >= 11 is 0. The SMILES string of the molecule is CN(C)CCCS(=O)c1ccc(N)cc1F. The van der Waals surface area contributed by atoms with Gasteiger partial charge in [0.25, 0.3) is 0 Å². The number of nitrogen functional groups attached to an aromatic ring is 1. The van der Waals surface area contributed by atoms with Crippen LogP contribution in [0.1, 0.15) is 6.42 Å². The molecule has 0 aromatic heterocycles. The molecule has 0 heterocycles. The standard InChI is InChI=1S/C11H17FN2OS/c1-14(2)6-3-7-16(15)11-5-4-9(13)8-10(11)12/h4-5,8H,3,6-7,13H2,1-2H3. The van der Waals surface area contributed by atoms with Gasteiger partial charge >= 0.3 is 0 Å². The van der Waals surface area contributed by atoms with Gasteiger partial charge in [0.2, 0.25) is 0 Å². The van der Waals surface area contributed by atoms with Crippen molar-refractivity contribution in [1.29, 1.82) is 0 Å². The van der Waals surface area contributed by atoms with E-state index in [1.54, 1.807) is 6.07 Å². The third-order valence-electron chi connectivity index (χ3n) is 2.14. The molecule has 0 amide bonds. The molecular weight excluding hydrogens is 227 g/mol. The lowest BCUT2D eigenvalue weighted by Gasteiger charge is -2.09. The Hall–Kier alpha value is -0.940. The molecule has 0 radical (unpaired) electrons. The molecule has 1 aromatic carbocycles. The molecule has 1 unspecified atom stereocenters. The van der Waals surface area contributed by atoms with E-state index in [9.17, 15) is 8.60 Å². The number of rotatable bonds is 5. The van der Waals surface area contributed by atoms with E-state index < -0.39 is 16.6 Å². The Morgan fingerprint density at radius 2 is 2.12 bits per heavy atom. The van der Waals surface area contributed by atoms with Crippen molar-refractivity contribution in [2.45, 2.75) is 11.3 Å². The van der Waals surface area contributed by atoms with E-state index in [1.165, 1.54) is 12.1 Å². The van der Waals surface area contributed by atoms with Gasteiger partial charge in [0.15, 0.2) is 0 Å². The second kappa shape index (κ2) is 5.96. The van der Waals surface area contributed by atoms with Crippen molar-refractivity contribution >= 4 is 16.5 Å². The molecule has 0 aliphatic heterocycles. The van der Waals surface area contributed by atoms with Crippen LogP contribution in [0.2, 0.25) is 0 Å². The summed E-state index contributed by atoms with van der Waals surface area (Å²) < 4.78 is 25.2. The number of hydrogen-bond donors (Lipinski definition) is 1. The summed E-state index contributed by atoms with van der Waals surface area (Å²) in [6, 6.07) is 4.28. The van der Waals surface area contributed by atoms with Gasteiger partial charge in [0.1, 0.15) is 5.82 Å². The van der Waals surface area contributed by atoms with Crippen LogP contribution in [0.4, 0.5) is 10.1 Å². The van der Waals surface area contributed by atoms with Gasteiger partial charge in [-0.3, -0.25) is 4.21 Å². The minimum atomic E-state index is -1.28. The van der Waals surface area contributed by atoms with Gasteiger partial charge in [-0.05, 0) is 45.3 Å². The Kier molecular flexibility index (Phi) is 4.89. The molecule has 0 bridgehead atoms. The van der Waals surface area contributed by atoms with Crippen LogP contribution < -0.4 is 5.73 Å². The van der Waals surface area contributed by atoms with E-state index in [2.05, 4.69) is 0 Å². The van der Waals surface area contributed by atoms with E-state index in [1.807, 2.05) is 19.0 Å². The minimum absolute atomic E-state index is 0.243. The van der Waals surface area contributed by atoms with Crippen molar-refractivity contribution in [1.82, 2.24) is 4.90 Å². The first-order valence-electron chi connectivity index (χ1n) is 5.09. The minimum Gasteiger partial charge on any atom is -0.399 e. The van der Waals surface area contributed by atoms with E-state index in [0.29, 0.717) is 11.4 Å². The second-order valence-corrected chi connectivity index (χ2v) is 5.44. The summed E-state index contributed by atoms with van der Waals surface area (Å²) in [5.74, 6) is -0.0119. The van der Waals surface area contributed by atoms with Crippen LogP contribution in [-0.2, 0) is 10.8 Å². The van der Waals surface area contributed by atoms with Crippen molar-refractivity contribution in [3.05, 3.63) is 24.0 Å². The van der Waals surface area contributed by atoms with Gasteiger partial charge in [0.05, 0.1) is 15.7 Å². The fourth-order valence-electron chi connectivity index (χ4n) is 1.32. The normalized spacial score (nSPS) is 13.0. The quantitative estimate of drug-likeness (QED) is 0.798. The highest BCUT2D eigenvalue weighted by atomic mass is 32.2. The maximum absolute atomic E-state index is 13.4. The highest BCUT2D eigenvalue weighted by Gasteiger charge is 2.09. The molecule has 90 valence electrons. The van der Waals surface area contributed by atoms with Crippen molar-refractivity contribution in [2.24, 2.45) is 0 Å². The molecule has 16 heavy (non-hydrogen) atoms. The first-order valence-corrected chi connectivity index (χ1v) is 6.40. The first kappa shape index (κ1) is 13.1. The molecule has 0 fully saturated rings.